The van der Waals surface area contributed by atoms with E-state index in [2.05, 4.69) is 29.8 Å². The van der Waals surface area contributed by atoms with Crippen LogP contribution in [0.4, 0.5) is 0 Å². The van der Waals surface area contributed by atoms with Gasteiger partial charge in [-0.3, -0.25) is 0 Å². The molecule has 0 bridgehead atoms. The minimum absolute atomic E-state index is 1.02. The molecule has 2 heteroatoms. The van der Waals surface area contributed by atoms with E-state index in [0.717, 1.165) is 13.1 Å². The molecule has 11 heavy (non-hydrogen) atoms. The lowest BCUT2D eigenvalue weighted by Crippen LogP contribution is -2.10. The second kappa shape index (κ2) is 7.76. The molecule has 0 aliphatic carbocycles. The lowest BCUT2D eigenvalue weighted by Gasteiger charge is -1.94. The molecule has 0 saturated heterocycles. The van der Waals surface area contributed by atoms with Crippen molar-refractivity contribution in [1.82, 2.24) is 5.32 Å². The van der Waals surface area contributed by atoms with Crippen LogP contribution < -0.4 is 5.32 Å². The smallest absolute Gasteiger partial charge is 0.0299 e. The molecular formula is C9H17NS. The van der Waals surface area contributed by atoms with Crippen LogP contribution in [0, 0.1) is 0 Å². The fourth-order valence-electron chi connectivity index (χ4n) is 0.661. The first-order valence-corrected chi connectivity index (χ1v) is 5.04. The van der Waals surface area contributed by atoms with E-state index in [1.165, 1.54) is 4.88 Å². The van der Waals surface area contributed by atoms with Crippen LogP contribution >= 0.6 is 11.3 Å². The molecular weight excluding hydrogens is 154 g/mol. The Morgan fingerprint density at radius 2 is 2.18 bits per heavy atom. The Morgan fingerprint density at radius 1 is 1.45 bits per heavy atom. The highest BCUT2D eigenvalue weighted by Gasteiger charge is 1.88. The van der Waals surface area contributed by atoms with Gasteiger partial charge in [-0.05, 0) is 18.0 Å². The molecule has 1 aromatic rings. The van der Waals surface area contributed by atoms with Crippen LogP contribution in [-0.4, -0.2) is 6.54 Å². The first kappa shape index (κ1) is 10.7. The first-order chi connectivity index (χ1) is 5.43. The van der Waals surface area contributed by atoms with Crippen molar-refractivity contribution in [3.63, 3.8) is 0 Å². The first-order valence-electron chi connectivity index (χ1n) is 4.16. The quantitative estimate of drug-likeness (QED) is 0.737. The Labute approximate surface area is 73.5 Å². The third-order valence-corrected chi connectivity index (χ3v) is 2.01. The molecule has 1 rings (SSSR count). The summed E-state index contributed by atoms with van der Waals surface area (Å²) in [5.41, 5.74) is 0. The van der Waals surface area contributed by atoms with Crippen LogP contribution in [0.3, 0.4) is 0 Å². The largest absolute Gasteiger partial charge is 0.312 e. The molecule has 64 valence electrons. The van der Waals surface area contributed by atoms with Gasteiger partial charge in [0.05, 0.1) is 0 Å². The van der Waals surface area contributed by atoms with Gasteiger partial charge >= 0.3 is 0 Å². The summed E-state index contributed by atoms with van der Waals surface area (Å²) in [4.78, 5) is 1.41. The molecule has 0 aromatic carbocycles. The SMILES string of the molecule is CC.CCNCc1cccs1. The summed E-state index contributed by atoms with van der Waals surface area (Å²) in [5, 5.41) is 5.36. The Kier molecular flexibility index (Phi) is 7.52. The second-order valence-corrected chi connectivity index (χ2v) is 2.89. The predicted octanol–water partition coefficient (Wildman–Crippen LogP) is 2.88. The van der Waals surface area contributed by atoms with E-state index in [1.54, 1.807) is 11.3 Å². The Balaban J connectivity index is 0.000000461. The molecule has 0 aliphatic rings. The van der Waals surface area contributed by atoms with Gasteiger partial charge in [0.15, 0.2) is 0 Å². The highest BCUT2D eigenvalue weighted by Crippen LogP contribution is 2.06. The molecule has 1 N–H and O–H groups in total. The van der Waals surface area contributed by atoms with Gasteiger partial charge in [-0.2, -0.15) is 0 Å². The summed E-state index contributed by atoms with van der Waals surface area (Å²) in [6, 6.07) is 4.23. The van der Waals surface area contributed by atoms with E-state index >= 15 is 0 Å². The van der Waals surface area contributed by atoms with Crippen molar-refractivity contribution in [1.29, 1.82) is 0 Å². The molecule has 0 spiro atoms. The molecule has 0 saturated carbocycles. The third kappa shape index (κ3) is 4.99. The van der Waals surface area contributed by atoms with Crippen molar-refractivity contribution < 1.29 is 0 Å². The second-order valence-electron chi connectivity index (χ2n) is 1.86. The zero-order chi connectivity index (χ0) is 8.53. The third-order valence-electron chi connectivity index (χ3n) is 1.13. The topological polar surface area (TPSA) is 12.0 Å². The van der Waals surface area contributed by atoms with Gasteiger partial charge in [0.1, 0.15) is 0 Å². The monoisotopic (exact) mass is 171 g/mol. The summed E-state index contributed by atoms with van der Waals surface area (Å²) in [6.07, 6.45) is 0. The van der Waals surface area contributed by atoms with Gasteiger partial charge in [0.25, 0.3) is 0 Å². The molecule has 1 aromatic heterocycles. The number of thiophene rings is 1. The number of hydrogen-bond donors (Lipinski definition) is 1. The number of rotatable bonds is 3. The molecule has 0 unspecified atom stereocenters. The van der Waals surface area contributed by atoms with E-state index in [-0.39, 0.29) is 0 Å². The van der Waals surface area contributed by atoms with Crippen molar-refractivity contribution in [2.24, 2.45) is 0 Å². The van der Waals surface area contributed by atoms with Gasteiger partial charge in [0, 0.05) is 11.4 Å². The molecule has 0 aliphatic heterocycles. The van der Waals surface area contributed by atoms with E-state index < -0.39 is 0 Å². The maximum atomic E-state index is 3.26. The normalized spacial score (nSPS) is 8.64. The Morgan fingerprint density at radius 3 is 2.64 bits per heavy atom. The van der Waals surface area contributed by atoms with Gasteiger partial charge in [-0.25, -0.2) is 0 Å². The van der Waals surface area contributed by atoms with Crippen molar-refractivity contribution in [3.05, 3.63) is 22.4 Å². The van der Waals surface area contributed by atoms with Gasteiger partial charge in [-0.1, -0.05) is 26.8 Å². The highest BCUT2D eigenvalue weighted by molar-refractivity contribution is 7.09. The van der Waals surface area contributed by atoms with Crippen LogP contribution in [0.5, 0.6) is 0 Å². The van der Waals surface area contributed by atoms with Crippen molar-refractivity contribution in [3.8, 4) is 0 Å². The molecule has 0 radical (unpaired) electrons. The Bertz CT molecular complexity index is 147. The number of hydrogen-bond acceptors (Lipinski definition) is 2. The molecule has 1 nitrogen and oxygen atoms in total. The van der Waals surface area contributed by atoms with Crippen LogP contribution in [-0.2, 0) is 6.54 Å². The summed E-state index contributed by atoms with van der Waals surface area (Å²) in [7, 11) is 0. The van der Waals surface area contributed by atoms with Crippen LogP contribution in [0.25, 0.3) is 0 Å². The summed E-state index contributed by atoms with van der Waals surface area (Å²) < 4.78 is 0. The molecule has 0 fully saturated rings. The van der Waals surface area contributed by atoms with Gasteiger partial charge in [0.2, 0.25) is 0 Å². The van der Waals surface area contributed by atoms with E-state index in [4.69, 9.17) is 0 Å². The summed E-state index contributed by atoms with van der Waals surface area (Å²) in [5.74, 6) is 0. The minimum Gasteiger partial charge on any atom is -0.312 e. The Hall–Kier alpha value is -0.340. The van der Waals surface area contributed by atoms with Crippen molar-refractivity contribution >= 4 is 11.3 Å². The van der Waals surface area contributed by atoms with Crippen LogP contribution in [0.15, 0.2) is 17.5 Å². The number of nitrogens with one attached hydrogen (secondary N) is 1. The van der Waals surface area contributed by atoms with Crippen LogP contribution in [0.1, 0.15) is 25.6 Å². The molecule has 1 heterocycles. The van der Waals surface area contributed by atoms with E-state index in [0.29, 0.717) is 0 Å². The average molecular weight is 171 g/mol. The lowest BCUT2D eigenvalue weighted by atomic mass is 10.4. The maximum Gasteiger partial charge on any atom is 0.0299 e. The molecule has 0 amide bonds. The van der Waals surface area contributed by atoms with Crippen LogP contribution in [0.2, 0.25) is 0 Å². The highest BCUT2D eigenvalue weighted by atomic mass is 32.1. The van der Waals surface area contributed by atoms with Crippen molar-refractivity contribution in [2.75, 3.05) is 6.54 Å². The van der Waals surface area contributed by atoms with E-state index in [9.17, 15) is 0 Å². The fraction of sp³-hybridized carbons (Fsp3) is 0.556. The van der Waals surface area contributed by atoms with Gasteiger partial charge < -0.3 is 5.32 Å². The van der Waals surface area contributed by atoms with Crippen molar-refractivity contribution in [2.45, 2.75) is 27.3 Å². The minimum atomic E-state index is 1.02. The average Bonchev–Trinajstić information content (AvgIpc) is 2.57. The zero-order valence-corrected chi connectivity index (χ0v) is 8.37. The molecule has 0 atom stereocenters. The summed E-state index contributed by atoms with van der Waals surface area (Å²) >= 11 is 1.80. The zero-order valence-electron chi connectivity index (χ0n) is 7.55. The summed E-state index contributed by atoms with van der Waals surface area (Å²) in [6.45, 7) is 8.19. The maximum absolute atomic E-state index is 3.26. The standard InChI is InChI=1S/C7H11NS.C2H6/c1-2-8-6-7-4-3-5-9-7;1-2/h3-5,8H,2,6H2,1H3;1-2H3. The van der Waals surface area contributed by atoms with Gasteiger partial charge in [-0.15, -0.1) is 11.3 Å². The fourth-order valence-corrected chi connectivity index (χ4v) is 1.34. The van der Waals surface area contributed by atoms with E-state index in [1.807, 2.05) is 13.8 Å². The predicted molar refractivity (Wildman–Crippen MR) is 53.0 cm³/mol. The lowest BCUT2D eigenvalue weighted by molar-refractivity contribution is 0.735.